The molecule has 146 valence electrons. The Bertz CT molecular complexity index is 1190. The van der Waals surface area contributed by atoms with Crippen LogP contribution in [0.15, 0.2) is 48.5 Å². The van der Waals surface area contributed by atoms with Crippen LogP contribution in [0.5, 0.6) is 0 Å². The van der Waals surface area contributed by atoms with Gasteiger partial charge in [-0.05, 0) is 72.8 Å². The van der Waals surface area contributed by atoms with Crippen LogP contribution in [0.25, 0.3) is 24.3 Å². The van der Waals surface area contributed by atoms with Crippen LogP contribution in [0.3, 0.4) is 0 Å². The van der Waals surface area contributed by atoms with Crippen LogP contribution in [0.2, 0.25) is 0 Å². The molecule has 0 unspecified atom stereocenters. The van der Waals surface area contributed by atoms with E-state index in [4.69, 9.17) is 5.11 Å². The SMILES string of the molecule is C1=c2ccc([nH]2)=Cc2ccc([nH]2)C=c2ccc([nH]2)=Cc2ccc1[nH]2.CCC(=O)O. The van der Waals surface area contributed by atoms with E-state index in [9.17, 15) is 4.79 Å². The molecule has 0 radical (unpaired) electrons. The molecule has 8 bridgehead atoms. The van der Waals surface area contributed by atoms with Crippen molar-refractivity contribution in [1.29, 1.82) is 0 Å². The molecule has 5 rings (SSSR count). The van der Waals surface area contributed by atoms with Gasteiger partial charge in [0.05, 0.1) is 0 Å². The first-order valence-corrected chi connectivity index (χ1v) is 9.44. The van der Waals surface area contributed by atoms with Gasteiger partial charge < -0.3 is 25.0 Å². The van der Waals surface area contributed by atoms with Crippen LogP contribution in [-0.4, -0.2) is 31.0 Å². The minimum absolute atomic E-state index is 0.222. The van der Waals surface area contributed by atoms with Gasteiger partial charge in [-0.25, -0.2) is 0 Å². The monoisotopic (exact) mass is 386 g/mol. The summed E-state index contributed by atoms with van der Waals surface area (Å²) < 4.78 is 0. The molecule has 29 heavy (non-hydrogen) atoms. The summed E-state index contributed by atoms with van der Waals surface area (Å²) >= 11 is 0. The summed E-state index contributed by atoms with van der Waals surface area (Å²) in [6, 6.07) is 16.7. The van der Waals surface area contributed by atoms with Gasteiger partial charge in [0.25, 0.3) is 0 Å². The van der Waals surface area contributed by atoms with Gasteiger partial charge in [0.15, 0.2) is 0 Å². The third kappa shape index (κ3) is 4.68. The average Bonchev–Trinajstić information content (AvgIpc) is 3.47. The first kappa shape index (κ1) is 18.4. The third-order valence-electron chi connectivity index (χ3n) is 4.47. The number of carboxylic acids is 1. The van der Waals surface area contributed by atoms with Gasteiger partial charge in [0.1, 0.15) is 0 Å². The van der Waals surface area contributed by atoms with Crippen LogP contribution in [-0.2, 0) is 4.79 Å². The number of aliphatic carboxylic acids is 1. The van der Waals surface area contributed by atoms with E-state index in [1.807, 2.05) is 0 Å². The molecule has 4 aromatic rings. The van der Waals surface area contributed by atoms with Gasteiger partial charge in [-0.1, -0.05) is 6.92 Å². The molecule has 1 aliphatic heterocycles. The fourth-order valence-electron chi connectivity index (χ4n) is 3.06. The minimum Gasteiger partial charge on any atom is -0.481 e. The van der Waals surface area contributed by atoms with Crippen molar-refractivity contribution in [3.8, 4) is 0 Å². The van der Waals surface area contributed by atoms with E-state index < -0.39 is 5.97 Å². The molecular formula is C23H22N4O2. The van der Waals surface area contributed by atoms with E-state index in [1.165, 1.54) is 0 Å². The molecule has 0 spiro atoms. The Kier molecular flexibility index (Phi) is 5.07. The summed E-state index contributed by atoms with van der Waals surface area (Å²) in [4.78, 5) is 23.0. The number of rotatable bonds is 1. The summed E-state index contributed by atoms with van der Waals surface area (Å²) in [5, 5.41) is 12.0. The van der Waals surface area contributed by atoms with Crippen molar-refractivity contribution < 1.29 is 9.90 Å². The van der Waals surface area contributed by atoms with Gasteiger partial charge in [0, 0.05) is 50.6 Å². The van der Waals surface area contributed by atoms with Crippen molar-refractivity contribution >= 4 is 30.3 Å². The number of aromatic amines is 4. The predicted octanol–water partition coefficient (Wildman–Crippen LogP) is 1.11. The molecule has 4 aromatic heterocycles. The molecule has 5 N–H and O–H groups in total. The normalized spacial score (nSPS) is 11.8. The van der Waals surface area contributed by atoms with E-state index in [0.29, 0.717) is 0 Å². The first-order valence-electron chi connectivity index (χ1n) is 9.44. The summed E-state index contributed by atoms with van der Waals surface area (Å²) in [5.41, 5.74) is 4.29. The minimum atomic E-state index is -0.745. The number of H-pyrrole nitrogens is 4. The van der Waals surface area contributed by atoms with Crippen molar-refractivity contribution in [2.24, 2.45) is 0 Å². The maximum absolute atomic E-state index is 9.37. The van der Waals surface area contributed by atoms with E-state index in [1.54, 1.807) is 6.92 Å². The lowest BCUT2D eigenvalue weighted by Gasteiger charge is -1.88. The molecule has 0 fully saturated rings. The molecule has 0 atom stereocenters. The smallest absolute Gasteiger partial charge is 0.303 e. The number of fused-ring (bicyclic) bond motifs is 8. The number of aromatic nitrogens is 4. The number of carboxylic acid groups (broad SMARTS) is 1. The Hall–Kier alpha value is -3.93. The average molecular weight is 386 g/mol. The summed E-state index contributed by atoms with van der Waals surface area (Å²) in [6.07, 6.45) is 8.65. The number of hydrogen-bond acceptors (Lipinski definition) is 1. The lowest BCUT2D eigenvalue weighted by Crippen LogP contribution is -2.10. The van der Waals surface area contributed by atoms with Crippen LogP contribution in [0.1, 0.15) is 36.1 Å². The standard InChI is InChI=1S/C20H16N4.C3H6O2/c1-2-14-10-16-5-6-18(23-16)12-20-8-7-19(24-20)11-17-4-3-15(22-17)9-13(1)21-14;1-2-3(4)5/h1-12,21-24H;2H2,1H3,(H,4,5). The topological polar surface area (TPSA) is 100 Å². The molecule has 1 aliphatic rings. The second-order valence-corrected chi connectivity index (χ2v) is 6.80. The lowest BCUT2D eigenvalue weighted by atomic mass is 10.3. The Morgan fingerprint density at radius 2 is 0.897 bits per heavy atom. The van der Waals surface area contributed by atoms with Crippen molar-refractivity contribution in [3.63, 3.8) is 0 Å². The molecule has 0 amide bonds. The zero-order chi connectivity index (χ0) is 20.2. The fraction of sp³-hybridized carbons (Fsp3) is 0.0870. The zero-order valence-electron chi connectivity index (χ0n) is 16.0. The van der Waals surface area contributed by atoms with Crippen LogP contribution < -0.4 is 21.4 Å². The molecule has 0 aromatic carbocycles. The quantitative estimate of drug-likeness (QED) is 0.298. The second-order valence-electron chi connectivity index (χ2n) is 6.80. The highest BCUT2D eigenvalue weighted by atomic mass is 16.4. The van der Waals surface area contributed by atoms with Crippen molar-refractivity contribution in [2.45, 2.75) is 13.3 Å². The summed E-state index contributed by atoms with van der Waals surface area (Å²) in [7, 11) is 0. The zero-order valence-corrected chi connectivity index (χ0v) is 16.0. The van der Waals surface area contributed by atoms with Gasteiger partial charge in [0.2, 0.25) is 0 Å². The molecule has 0 saturated heterocycles. The van der Waals surface area contributed by atoms with Crippen LogP contribution in [0, 0.1) is 0 Å². The Labute approximate surface area is 166 Å². The highest BCUT2D eigenvalue weighted by Crippen LogP contribution is 2.04. The number of carbonyl (C=O) groups is 1. The van der Waals surface area contributed by atoms with Gasteiger partial charge in [-0.3, -0.25) is 4.79 Å². The highest BCUT2D eigenvalue weighted by molar-refractivity contribution is 5.66. The van der Waals surface area contributed by atoms with Gasteiger partial charge in [-0.2, -0.15) is 0 Å². The number of hydrogen-bond donors (Lipinski definition) is 5. The summed E-state index contributed by atoms with van der Waals surface area (Å²) in [5.74, 6) is -0.745. The lowest BCUT2D eigenvalue weighted by molar-refractivity contribution is -0.136. The largest absolute Gasteiger partial charge is 0.481 e. The maximum Gasteiger partial charge on any atom is 0.303 e. The maximum atomic E-state index is 9.37. The molecule has 5 heterocycles. The molecule has 6 nitrogen and oxygen atoms in total. The van der Waals surface area contributed by atoms with Crippen molar-refractivity contribution in [3.05, 3.63) is 92.7 Å². The highest BCUT2D eigenvalue weighted by Gasteiger charge is 1.97. The fourth-order valence-corrected chi connectivity index (χ4v) is 3.06. The van der Waals surface area contributed by atoms with E-state index in [2.05, 4.69) is 92.8 Å². The molecule has 0 aliphatic carbocycles. The van der Waals surface area contributed by atoms with Crippen LogP contribution in [0.4, 0.5) is 0 Å². The Morgan fingerprint density at radius 3 is 1.14 bits per heavy atom. The van der Waals surface area contributed by atoms with E-state index in [-0.39, 0.29) is 6.42 Å². The van der Waals surface area contributed by atoms with Crippen LogP contribution >= 0.6 is 0 Å². The van der Waals surface area contributed by atoms with Crippen molar-refractivity contribution in [1.82, 2.24) is 19.9 Å². The Morgan fingerprint density at radius 1 is 0.621 bits per heavy atom. The van der Waals surface area contributed by atoms with E-state index >= 15 is 0 Å². The molecule has 0 saturated carbocycles. The Balaban J connectivity index is 0.000000369. The third-order valence-corrected chi connectivity index (χ3v) is 4.47. The second kappa shape index (κ2) is 7.98. The van der Waals surface area contributed by atoms with Crippen molar-refractivity contribution in [2.75, 3.05) is 0 Å². The first-order chi connectivity index (χ1) is 14.1. The number of nitrogens with one attached hydrogen (secondary N) is 4. The molecular weight excluding hydrogens is 364 g/mol. The van der Waals surface area contributed by atoms with E-state index in [0.717, 1.165) is 44.2 Å². The molecule has 6 heteroatoms. The van der Waals surface area contributed by atoms with Gasteiger partial charge >= 0.3 is 5.97 Å². The van der Waals surface area contributed by atoms with Gasteiger partial charge in [-0.15, -0.1) is 0 Å². The predicted molar refractivity (Wildman–Crippen MR) is 114 cm³/mol. The summed E-state index contributed by atoms with van der Waals surface area (Å²) in [6.45, 7) is 1.60.